The zero-order valence-electron chi connectivity index (χ0n) is 19.9. The summed E-state index contributed by atoms with van der Waals surface area (Å²) >= 11 is 0. The van der Waals surface area contributed by atoms with Crippen LogP contribution in [0.4, 0.5) is 4.79 Å². The fourth-order valence-electron chi connectivity index (χ4n) is 4.62. The van der Waals surface area contributed by atoms with Gasteiger partial charge in [-0.05, 0) is 74.4 Å². The molecule has 7 nitrogen and oxygen atoms in total. The molecule has 1 atom stereocenters. The van der Waals surface area contributed by atoms with Crippen molar-refractivity contribution in [2.24, 2.45) is 0 Å². The first-order chi connectivity index (χ1) is 16.2. The van der Waals surface area contributed by atoms with E-state index in [4.69, 9.17) is 5.21 Å². The topological polar surface area (TPSA) is 97.5 Å². The lowest BCUT2D eigenvalue weighted by Gasteiger charge is -2.33. The summed E-state index contributed by atoms with van der Waals surface area (Å²) in [4.78, 5) is 30.0. The van der Waals surface area contributed by atoms with Crippen LogP contribution in [0.5, 0.6) is 0 Å². The molecule has 178 valence electrons. The molecule has 1 aliphatic carbocycles. The zero-order valence-corrected chi connectivity index (χ0v) is 19.9. The number of nitrogens with one attached hydrogen (secondary N) is 3. The van der Waals surface area contributed by atoms with Gasteiger partial charge in [-0.15, -0.1) is 0 Å². The highest BCUT2D eigenvalue weighted by Crippen LogP contribution is 2.37. The molecule has 4 N–H and O–H groups in total. The maximum Gasteiger partial charge on any atom is 0.318 e. The average molecular weight is 461 g/mol. The van der Waals surface area contributed by atoms with Gasteiger partial charge in [0, 0.05) is 35.3 Å². The standard InChI is InChI=1S/C27H32N4O3/c1-27(2,3)29-26(33)31(15-14-20-17-28-23-7-5-4-6-21(20)23)24-12-10-19-16-18(8-11-22(19)24)9-13-25(32)30-34/h4-9,11,13,16-17,24,28,34H,10,12,14-15H2,1-3H3,(H,29,33)(H,30,32)/b13-9+. The molecule has 3 aromatic rings. The molecule has 34 heavy (non-hydrogen) atoms. The van der Waals surface area contributed by atoms with Crippen LogP contribution < -0.4 is 10.8 Å². The van der Waals surface area contributed by atoms with Gasteiger partial charge >= 0.3 is 6.03 Å². The van der Waals surface area contributed by atoms with E-state index in [-0.39, 0.29) is 17.6 Å². The molecule has 3 amide bonds. The highest BCUT2D eigenvalue weighted by Gasteiger charge is 2.32. The number of rotatable bonds is 6. The van der Waals surface area contributed by atoms with E-state index in [1.807, 2.05) is 56.1 Å². The third kappa shape index (κ3) is 5.31. The number of hydrogen-bond donors (Lipinski definition) is 4. The molecule has 0 fully saturated rings. The largest absolute Gasteiger partial charge is 0.361 e. The van der Waals surface area contributed by atoms with Gasteiger partial charge in [0.05, 0.1) is 6.04 Å². The number of benzene rings is 2. The number of para-hydroxylation sites is 1. The van der Waals surface area contributed by atoms with Gasteiger partial charge in [-0.1, -0.05) is 36.4 Å². The number of fused-ring (bicyclic) bond motifs is 2. The molecule has 0 aliphatic heterocycles. The van der Waals surface area contributed by atoms with Crippen molar-refractivity contribution in [2.45, 2.75) is 51.6 Å². The van der Waals surface area contributed by atoms with Gasteiger partial charge in [-0.2, -0.15) is 0 Å². The Morgan fingerprint density at radius 2 is 2.00 bits per heavy atom. The third-order valence-corrected chi connectivity index (χ3v) is 6.17. The smallest absolute Gasteiger partial charge is 0.318 e. The van der Waals surface area contributed by atoms with E-state index in [1.165, 1.54) is 22.6 Å². The van der Waals surface area contributed by atoms with Crippen LogP contribution in [0.2, 0.25) is 0 Å². The molecule has 7 heteroatoms. The first-order valence-corrected chi connectivity index (χ1v) is 11.6. The van der Waals surface area contributed by atoms with E-state index < -0.39 is 5.91 Å². The number of hydrogen-bond acceptors (Lipinski definition) is 3. The van der Waals surface area contributed by atoms with Crippen molar-refractivity contribution >= 4 is 28.9 Å². The highest BCUT2D eigenvalue weighted by atomic mass is 16.5. The number of carbonyl (C=O) groups is 2. The fourth-order valence-corrected chi connectivity index (χ4v) is 4.62. The molecule has 4 rings (SSSR count). The minimum absolute atomic E-state index is 0.0127. The molecule has 0 saturated carbocycles. The molecular weight excluding hydrogens is 428 g/mol. The van der Waals surface area contributed by atoms with Gasteiger partial charge in [-0.3, -0.25) is 10.0 Å². The highest BCUT2D eigenvalue weighted by molar-refractivity contribution is 5.90. The molecule has 1 aliphatic rings. The van der Waals surface area contributed by atoms with Crippen molar-refractivity contribution in [2.75, 3.05) is 6.54 Å². The van der Waals surface area contributed by atoms with E-state index in [0.29, 0.717) is 6.54 Å². The summed E-state index contributed by atoms with van der Waals surface area (Å²) in [5, 5.41) is 13.0. The lowest BCUT2D eigenvalue weighted by atomic mass is 10.0. The van der Waals surface area contributed by atoms with Crippen molar-refractivity contribution in [3.8, 4) is 0 Å². The number of aromatic nitrogens is 1. The number of hydroxylamine groups is 1. The van der Waals surface area contributed by atoms with Crippen LogP contribution in [0.3, 0.4) is 0 Å². The Kier molecular flexibility index (Phi) is 6.75. The minimum atomic E-state index is -0.569. The van der Waals surface area contributed by atoms with Gasteiger partial charge in [0.25, 0.3) is 5.91 Å². The van der Waals surface area contributed by atoms with Crippen molar-refractivity contribution < 1.29 is 14.8 Å². The third-order valence-electron chi connectivity index (χ3n) is 6.17. The van der Waals surface area contributed by atoms with Gasteiger partial charge in [0.15, 0.2) is 0 Å². The Morgan fingerprint density at radius 3 is 2.76 bits per heavy atom. The predicted molar refractivity (Wildman–Crippen MR) is 133 cm³/mol. The molecule has 0 bridgehead atoms. The minimum Gasteiger partial charge on any atom is -0.361 e. The van der Waals surface area contributed by atoms with Gasteiger partial charge in [0.1, 0.15) is 0 Å². The van der Waals surface area contributed by atoms with Crippen molar-refractivity contribution in [3.05, 3.63) is 77.0 Å². The Bertz CT molecular complexity index is 1220. The molecule has 1 heterocycles. The van der Waals surface area contributed by atoms with Crippen LogP contribution in [0.15, 0.2) is 54.7 Å². The second-order valence-corrected chi connectivity index (χ2v) is 9.81. The maximum absolute atomic E-state index is 13.4. The lowest BCUT2D eigenvalue weighted by Crippen LogP contribution is -2.50. The second kappa shape index (κ2) is 9.73. The number of aryl methyl sites for hydroxylation is 1. The first kappa shape index (κ1) is 23.6. The Labute approximate surface area is 199 Å². The monoisotopic (exact) mass is 460 g/mol. The van der Waals surface area contributed by atoms with E-state index >= 15 is 0 Å². The summed E-state index contributed by atoms with van der Waals surface area (Å²) in [6, 6.07) is 14.2. The van der Waals surface area contributed by atoms with Crippen molar-refractivity contribution in [1.29, 1.82) is 0 Å². The summed E-state index contributed by atoms with van der Waals surface area (Å²) in [5.41, 5.74) is 6.77. The Balaban J connectivity index is 1.58. The molecule has 2 aromatic carbocycles. The van der Waals surface area contributed by atoms with E-state index in [0.717, 1.165) is 35.9 Å². The van der Waals surface area contributed by atoms with Crippen LogP contribution in [0.1, 0.15) is 55.5 Å². The molecule has 0 spiro atoms. The van der Waals surface area contributed by atoms with E-state index in [1.54, 1.807) is 11.6 Å². The Hall–Kier alpha value is -3.58. The Morgan fingerprint density at radius 1 is 1.21 bits per heavy atom. The number of amides is 3. The van der Waals surface area contributed by atoms with Gasteiger partial charge in [0.2, 0.25) is 0 Å². The van der Waals surface area contributed by atoms with Gasteiger partial charge < -0.3 is 15.2 Å². The van der Waals surface area contributed by atoms with E-state index in [9.17, 15) is 9.59 Å². The predicted octanol–water partition coefficient (Wildman–Crippen LogP) is 4.73. The second-order valence-electron chi connectivity index (χ2n) is 9.81. The normalized spacial score (nSPS) is 15.5. The zero-order chi connectivity index (χ0) is 24.3. The molecule has 1 unspecified atom stereocenters. The van der Waals surface area contributed by atoms with Crippen LogP contribution in [-0.2, 0) is 17.6 Å². The van der Waals surface area contributed by atoms with Crippen molar-refractivity contribution in [3.63, 3.8) is 0 Å². The van der Waals surface area contributed by atoms with Crippen LogP contribution in [-0.4, -0.2) is 39.1 Å². The number of nitrogens with zero attached hydrogens (tertiary/aromatic N) is 1. The summed E-state index contributed by atoms with van der Waals surface area (Å²) in [6.07, 6.45) is 7.46. The molecule has 1 aromatic heterocycles. The average Bonchev–Trinajstić information content (AvgIpc) is 3.40. The first-order valence-electron chi connectivity index (χ1n) is 11.6. The van der Waals surface area contributed by atoms with Crippen LogP contribution >= 0.6 is 0 Å². The van der Waals surface area contributed by atoms with Crippen molar-refractivity contribution in [1.82, 2.24) is 20.7 Å². The summed E-state index contributed by atoms with van der Waals surface area (Å²) in [6.45, 7) is 6.58. The van der Waals surface area contributed by atoms with Crippen LogP contribution in [0.25, 0.3) is 17.0 Å². The quantitative estimate of drug-likeness (QED) is 0.243. The number of aromatic amines is 1. The fraction of sp³-hybridized carbons (Fsp3) is 0.333. The van der Waals surface area contributed by atoms with E-state index in [2.05, 4.69) is 28.5 Å². The number of urea groups is 1. The lowest BCUT2D eigenvalue weighted by molar-refractivity contribution is -0.124. The number of carbonyl (C=O) groups excluding carboxylic acids is 2. The molecule has 0 saturated heterocycles. The SMILES string of the molecule is CC(C)(C)NC(=O)N(CCc1c[nH]c2ccccc12)C1CCc2cc(/C=C/C(=O)NO)ccc21. The summed E-state index contributed by atoms with van der Waals surface area (Å²) in [5.74, 6) is -0.569. The van der Waals surface area contributed by atoms with Gasteiger partial charge in [-0.25, -0.2) is 10.3 Å². The molecule has 0 radical (unpaired) electrons. The maximum atomic E-state index is 13.4. The summed E-state index contributed by atoms with van der Waals surface area (Å²) < 4.78 is 0. The molecular formula is C27H32N4O3. The van der Waals surface area contributed by atoms with Crippen LogP contribution in [0, 0.1) is 0 Å². The summed E-state index contributed by atoms with van der Waals surface area (Å²) in [7, 11) is 0. The number of H-pyrrole nitrogens is 1.